The van der Waals surface area contributed by atoms with Gasteiger partial charge in [0, 0.05) is 5.56 Å². The summed E-state index contributed by atoms with van der Waals surface area (Å²) in [4.78, 5) is 0. The van der Waals surface area contributed by atoms with Crippen molar-refractivity contribution in [2.75, 3.05) is 0 Å². The quantitative estimate of drug-likeness (QED) is 0.725. The lowest BCUT2D eigenvalue weighted by atomic mass is 9.77. The van der Waals surface area contributed by atoms with Gasteiger partial charge in [0.1, 0.15) is 11.6 Å². The van der Waals surface area contributed by atoms with E-state index in [2.05, 4.69) is 0 Å². The van der Waals surface area contributed by atoms with E-state index in [1.54, 1.807) is 0 Å². The van der Waals surface area contributed by atoms with Gasteiger partial charge in [0.05, 0.1) is 6.61 Å². The zero-order chi connectivity index (χ0) is 15.8. The van der Waals surface area contributed by atoms with Crippen LogP contribution in [-0.2, 0) is 11.3 Å². The van der Waals surface area contributed by atoms with E-state index in [0.29, 0.717) is 0 Å². The number of ether oxygens (including phenoxy) is 1. The van der Waals surface area contributed by atoms with Gasteiger partial charge in [-0.3, -0.25) is 0 Å². The largest absolute Gasteiger partial charge is 0.417 e. The van der Waals surface area contributed by atoms with Crippen LogP contribution in [0.25, 0.3) is 0 Å². The van der Waals surface area contributed by atoms with E-state index in [9.17, 15) is 22.0 Å². The average molecular weight is 296 g/mol. The predicted molar refractivity (Wildman–Crippen MR) is 65.1 cm³/mol. The van der Waals surface area contributed by atoms with Crippen molar-refractivity contribution in [3.05, 3.63) is 35.4 Å². The van der Waals surface area contributed by atoms with Crippen molar-refractivity contribution in [2.45, 2.75) is 46.1 Å². The fourth-order valence-corrected chi connectivity index (χ4v) is 1.61. The first-order valence-corrected chi connectivity index (χ1v) is 6.04. The number of halogens is 5. The maximum atomic E-state index is 13.4. The Hall–Kier alpha value is -1.17. The zero-order valence-electron chi connectivity index (χ0n) is 11.7. The molecule has 0 amide bonds. The van der Waals surface area contributed by atoms with Crippen LogP contribution in [0.3, 0.4) is 0 Å². The van der Waals surface area contributed by atoms with Gasteiger partial charge in [-0.15, -0.1) is 0 Å². The zero-order valence-corrected chi connectivity index (χ0v) is 11.7. The molecule has 6 heteroatoms. The van der Waals surface area contributed by atoms with Crippen molar-refractivity contribution >= 4 is 0 Å². The summed E-state index contributed by atoms with van der Waals surface area (Å²) in [5.41, 5.74) is -4.31. The molecule has 0 radical (unpaired) electrons. The summed E-state index contributed by atoms with van der Waals surface area (Å²) in [6, 6.07) is 3.09. The van der Waals surface area contributed by atoms with Crippen LogP contribution in [0, 0.1) is 17.0 Å². The highest BCUT2D eigenvalue weighted by atomic mass is 19.4. The highest BCUT2D eigenvalue weighted by molar-refractivity contribution is 5.19. The van der Waals surface area contributed by atoms with Gasteiger partial charge in [-0.1, -0.05) is 26.8 Å². The molecule has 1 aromatic carbocycles. The summed E-state index contributed by atoms with van der Waals surface area (Å²) in [7, 11) is 0. The Morgan fingerprint density at radius 3 is 1.75 bits per heavy atom. The van der Waals surface area contributed by atoms with E-state index in [1.807, 2.05) is 0 Å². The van der Waals surface area contributed by atoms with Gasteiger partial charge in [0.2, 0.25) is 0 Å². The molecular formula is C14H17F5O. The van der Waals surface area contributed by atoms with E-state index in [1.165, 1.54) is 20.8 Å². The standard InChI is InChI=1S/C14H17F5O/c1-12(2,3)13(4,14(17,18)19)20-8-9-10(15)6-5-7-11(9)16/h5-7H,8H2,1-4H3. The summed E-state index contributed by atoms with van der Waals surface area (Å²) >= 11 is 0. The topological polar surface area (TPSA) is 9.23 Å². The lowest BCUT2D eigenvalue weighted by Gasteiger charge is -2.42. The minimum atomic E-state index is -4.66. The van der Waals surface area contributed by atoms with E-state index in [-0.39, 0.29) is 0 Å². The van der Waals surface area contributed by atoms with E-state index < -0.39 is 41.0 Å². The second kappa shape index (κ2) is 5.31. The monoisotopic (exact) mass is 296 g/mol. The molecule has 0 aliphatic heterocycles. The summed E-state index contributed by atoms with van der Waals surface area (Å²) in [6.07, 6.45) is -4.66. The predicted octanol–water partition coefficient (Wildman–Crippen LogP) is 4.85. The first kappa shape index (κ1) is 16.9. The molecule has 114 valence electrons. The molecule has 0 heterocycles. The van der Waals surface area contributed by atoms with Crippen molar-refractivity contribution < 1.29 is 26.7 Å². The third-order valence-electron chi connectivity index (χ3n) is 3.54. The van der Waals surface area contributed by atoms with Crippen LogP contribution in [0.15, 0.2) is 18.2 Å². The minimum absolute atomic E-state index is 0.507. The van der Waals surface area contributed by atoms with Crippen molar-refractivity contribution in [1.29, 1.82) is 0 Å². The highest BCUT2D eigenvalue weighted by Gasteiger charge is 2.59. The van der Waals surface area contributed by atoms with Crippen LogP contribution in [-0.4, -0.2) is 11.8 Å². The van der Waals surface area contributed by atoms with Gasteiger partial charge < -0.3 is 4.74 Å². The van der Waals surface area contributed by atoms with Crippen molar-refractivity contribution in [1.82, 2.24) is 0 Å². The number of hydrogen-bond donors (Lipinski definition) is 0. The molecule has 1 atom stereocenters. The SMILES string of the molecule is CC(C)(C)C(C)(OCc1c(F)cccc1F)C(F)(F)F. The van der Waals surface area contributed by atoms with Crippen molar-refractivity contribution in [2.24, 2.45) is 5.41 Å². The maximum absolute atomic E-state index is 13.4. The number of alkyl halides is 3. The van der Waals surface area contributed by atoms with Gasteiger partial charge in [0.25, 0.3) is 0 Å². The fourth-order valence-electron chi connectivity index (χ4n) is 1.61. The Balaban J connectivity index is 3.06. The molecule has 1 unspecified atom stereocenters. The van der Waals surface area contributed by atoms with Crippen LogP contribution in [0.4, 0.5) is 22.0 Å². The molecule has 20 heavy (non-hydrogen) atoms. The second-order valence-corrected chi connectivity index (χ2v) is 5.77. The summed E-state index contributed by atoms with van der Waals surface area (Å²) < 4.78 is 71.3. The lowest BCUT2D eigenvalue weighted by Crippen LogP contribution is -2.54. The normalized spacial score (nSPS) is 16.1. The minimum Gasteiger partial charge on any atom is -0.360 e. The molecule has 0 saturated carbocycles. The molecule has 0 saturated heterocycles. The van der Waals surface area contributed by atoms with Crippen LogP contribution < -0.4 is 0 Å². The molecular weight excluding hydrogens is 279 g/mol. The Morgan fingerprint density at radius 2 is 1.40 bits per heavy atom. The Labute approximate surface area is 114 Å². The molecule has 0 aliphatic rings. The third kappa shape index (κ3) is 3.11. The highest BCUT2D eigenvalue weighted by Crippen LogP contribution is 2.46. The van der Waals surface area contributed by atoms with Crippen LogP contribution in [0.1, 0.15) is 33.3 Å². The Bertz CT molecular complexity index is 439. The first-order valence-electron chi connectivity index (χ1n) is 6.04. The van der Waals surface area contributed by atoms with Crippen LogP contribution >= 0.6 is 0 Å². The van der Waals surface area contributed by atoms with Crippen molar-refractivity contribution in [3.8, 4) is 0 Å². The Kier molecular flexibility index (Phi) is 4.49. The van der Waals surface area contributed by atoms with Gasteiger partial charge in [0.15, 0.2) is 5.60 Å². The average Bonchev–Trinajstić information content (AvgIpc) is 2.24. The number of benzene rings is 1. The lowest BCUT2D eigenvalue weighted by molar-refractivity contribution is -0.308. The van der Waals surface area contributed by atoms with Crippen molar-refractivity contribution in [3.63, 3.8) is 0 Å². The van der Waals surface area contributed by atoms with Gasteiger partial charge in [-0.05, 0) is 24.5 Å². The van der Waals surface area contributed by atoms with E-state index in [4.69, 9.17) is 4.74 Å². The molecule has 1 nitrogen and oxygen atoms in total. The molecule has 0 aliphatic carbocycles. The Morgan fingerprint density at radius 1 is 0.950 bits per heavy atom. The molecule has 0 bridgehead atoms. The van der Waals surface area contributed by atoms with E-state index in [0.717, 1.165) is 25.1 Å². The molecule has 0 fully saturated rings. The smallest absolute Gasteiger partial charge is 0.360 e. The number of hydrogen-bond acceptors (Lipinski definition) is 1. The molecule has 0 N–H and O–H groups in total. The molecule has 1 rings (SSSR count). The summed E-state index contributed by atoms with van der Waals surface area (Å²) in [6.45, 7) is 4.17. The second-order valence-electron chi connectivity index (χ2n) is 5.77. The van der Waals surface area contributed by atoms with E-state index >= 15 is 0 Å². The first-order chi connectivity index (χ1) is 8.90. The van der Waals surface area contributed by atoms with Crippen LogP contribution in [0.2, 0.25) is 0 Å². The fraction of sp³-hybridized carbons (Fsp3) is 0.571. The van der Waals surface area contributed by atoms with Crippen LogP contribution in [0.5, 0.6) is 0 Å². The molecule has 0 spiro atoms. The van der Waals surface area contributed by atoms with Gasteiger partial charge in [-0.2, -0.15) is 13.2 Å². The molecule has 1 aromatic rings. The third-order valence-corrected chi connectivity index (χ3v) is 3.54. The number of rotatable bonds is 3. The summed E-state index contributed by atoms with van der Waals surface area (Å²) in [5.74, 6) is -1.85. The molecule has 0 aromatic heterocycles. The summed E-state index contributed by atoms with van der Waals surface area (Å²) in [5, 5.41) is 0. The van der Waals surface area contributed by atoms with Gasteiger partial charge >= 0.3 is 6.18 Å². The van der Waals surface area contributed by atoms with Gasteiger partial charge in [-0.25, -0.2) is 8.78 Å². The maximum Gasteiger partial charge on any atom is 0.417 e.